The van der Waals surface area contributed by atoms with Gasteiger partial charge >= 0.3 is 11.9 Å². The van der Waals surface area contributed by atoms with Crippen LogP contribution in [0.1, 0.15) is 47.5 Å². The molecule has 6 nitrogen and oxygen atoms in total. The molecule has 0 radical (unpaired) electrons. The third-order valence-electron chi connectivity index (χ3n) is 6.78. The number of ether oxygens (including phenoxy) is 3. The van der Waals surface area contributed by atoms with Gasteiger partial charge in [0, 0.05) is 48.0 Å². The fourth-order valence-corrected chi connectivity index (χ4v) is 4.54. The molecule has 5 atom stereocenters. The van der Waals surface area contributed by atoms with Crippen molar-refractivity contribution in [3.05, 3.63) is 34.4 Å². The second kappa shape index (κ2) is 6.60. The fraction of sp³-hybridized carbons (Fsp3) is 0.619. The maximum Gasteiger partial charge on any atom is 0.336 e. The summed E-state index contributed by atoms with van der Waals surface area (Å²) in [6.07, 6.45) is 3.30. The van der Waals surface area contributed by atoms with E-state index >= 15 is 0 Å². The Labute approximate surface area is 159 Å². The number of aliphatic hydroxyl groups is 1. The fourth-order valence-electron chi connectivity index (χ4n) is 4.54. The Bertz CT molecular complexity index is 776. The summed E-state index contributed by atoms with van der Waals surface area (Å²) < 4.78 is 16.8. The molecular formula is C21H28O6. The molecule has 148 valence electrons. The highest BCUT2D eigenvalue weighted by molar-refractivity contribution is 5.93. The molecular weight excluding hydrogens is 348 g/mol. The van der Waals surface area contributed by atoms with Crippen molar-refractivity contribution in [3.63, 3.8) is 0 Å². The van der Waals surface area contributed by atoms with Crippen molar-refractivity contribution in [2.45, 2.75) is 65.5 Å². The van der Waals surface area contributed by atoms with E-state index in [-0.39, 0.29) is 18.0 Å². The zero-order valence-electron chi connectivity index (χ0n) is 16.8. The Morgan fingerprint density at radius 3 is 2.70 bits per heavy atom. The van der Waals surface area contributed by atoms with Gasteiger partial charge in [-0.15, -0.1) is 0 Å². The quantitative estimate of drug-likeness (QED) is 0.463. The maximum absolute atomic E-state index is 12.2. The molecule has 0 saturated heterocycles. The molecule has 3 aliphatic rings. The average molecular weight is 376 g/mol. The lowest BCUT2D eigenvalue weighted by Crippen LogP contribution is -2.57. The molecule has 0 aromatic rings. The molecule has 27 heavy (non-hydrogen) atoms. The summed E-state index contributed by atoms with van der Waals surface area (Å²) in [5.41, 5.74) is 1.71. The number of carbonyl (C=O) groups is 2. The largest absolute Gasteiger partial charge is 0.458 e. The average Bonchev–Trinajstić information content (AvgIpc) is 2.90. The molecule has 0 spiro atoms. The Hall–Kier alpha value is -1.92. The van der Waals surface area contributed by atoms with Gasteiger partial charge in [-0.1, -0.05) is 31.6 Å². The summed E-state index contributed by atoms with van der Waals surface area (Å²) in [7, 11) is 1.48. The van der Waals surface area contributed by atoms with Crippen LogP contribution >= 0.6 is 0 Å². The number of allylic oxidation sites excluding steroid dienone is 1. The van der Waals surface area contributed by atoms with Crippen LogP contribution in [0.2, 0.25) is 0 Å². The van der Waals surface area contributed by atoms with Crippen molar-refractivity contribution in [3.8, 4) is 0 Å². The van der Waals surface area contributed by atoms with Crippen LogP contribution in [0.4, 0.5) is 0 Å². The molecule has 1 N–H and O–H groups in total. The van der Waals surface area contributed by atoms with E-state index in [1.54, 1.807) is 26.8 Å². The summed E-state index contributed by atoms with van der Waals surface area (Å²) in [5.74, 6) is -2.20. The summed E-state index contributed by atoms with van der Waals surface area (Å²) in [6.45, 7) is 9.10. The van der Waals surface area contributed by atoms with E-state index in [0.29, 0.717) is 29.6 Å². The monoisotopic (exact) mass is 376 g/mol. The molecule has 0 amide bonds. The first kappa shape index (κ1) is 19.8. The molecule has 1 fully saturated rings. The summed E-state index contributed by atoms with van der Waals surface area (Å²) in [6, 6.07) is 0. The number of aliphatic hydroxyl groups excluding tert-OH is 1. The zero-order chi connectivity index (χ0) is 20.1. The smallest absolute Gasteiger partial charge is 0.336 e. The van der Waals surface area contributed by atoms with Crippen LogP contribution in [0.25, 0.3) is 0 Å². The highest BCUT2D eigenvalue weighted by atomic mass is 16.7. The van der Waals surface area contributed by atoms with Crippen LogP contribution in [0.5, 0.6) is 0 Å². The van der Waals surface area contributed by atoms with Crippen LogP contribution in [0, 0.1) is 11.3 Å². The number of esters is 2. The minimum absolute atomic E-state index is 0.146. The van der Waals surface area contributed by atoms with Gasteiger partial charge in [0.05, 0.1) is 6.10 Å². The number of fused-ring (bicyclic) bond motifs is 2. The third-order valence-corrected chi connectivity index (χ3v) is 6.78. The Balaban J connectivity index is 2.00. The van der Waals surface area contributed by atoms with Crippen LogP contribution < -0.4 is 0 Å². The lowest BCUT2D eigenvalue weighted by atomic mass is 9.56. The predicted octanol–water partition coefficient (Wildman–Crippen LogP) is 2.82. The third kappa shape index (κ3) is 2.69. The van der Waals surface area contributed by atoms with Gasteiger partial charge in [-0.2, -0.15) is 0 Å². The van der Waals surface area contributed by atoms with E-state index in [1.807, 2.05) is 19.9 Å². The van der Waals surface area contributed by atoms with Crippen LogP contribution in [0.15, 0.2) is 34.4 Å². The van der Waals surface area contributed by atoms with Crippen LogP contribution in [-0.2, 0) is 23.8 Å². The second-order valence-electron chi connectivity index (χ2n) is 7.92. The Morgan fingerprint density at radius 1 is 1.44 bits per heavy atom. The molecule has 0 aromatic heterocycles. The van der Waals surface area contributed by atoms with Gasteiger partial charge < -0.3 is 19.3 Å². The molecule has 2 aliphatic carbocycles. The van der Waals surface area contributed by atoms with Crippen LogP contribution in [0.3, 0.4) is 0 Å². The maximum atomic E-state index is 12.2. The molecule has 0 aromatic carbocycles. The van der Waals surface area contributed by atoms with E-state index in [4.69, 9.17) is 14.2 Å². The summed E-state index contributed by atoms with van der Waals surface area (Å²) in [5, 5.41) is 11.3. The minimum atomic E-state index is -1.24. The van der Waals surface area contributed by atoms with Gasteiger partial charge in [0.1, 0.15) is 6.10 Å². The zero-order valence-corrected chi connectivity index (χ0v) is 16.8. The number of methoxy groups -OCH3 is 1. The van der Waals surface area contributed by atoms with Crippen molar-refractivity contribution < 1.29 is 28.9 Å². The summed E-state index contributed by atoms with van der Waals surface area (Å²) >= 11 is 0. The van der Waals surface area contributed by atoms with Crippen molar-refractivity contribution in [1.82, 2.24) is 0 Å². The minimum Gasteiger partial charge on any atom is -0.458 e. The number of hydrogen-bond acceptors (Lipinski definition) is 6. The van der Waals surface area contributed by atoms with Gasteiger partial charge in [-0.05, 0) is 20.8 Å². The molecule has 1 aliphatic heterocycles. The van der Waals surface area contributed by atoms with E-state index in [2.05, 4.69) is 0 Å². The predicted molar refractivity (Wildman–Crippen MR) is 98.4 cm³/mol. The standard InChI is InChI=1S/C21H28O6/c1-7-11(2)18(23)26-15-9-8-14-10-21(25-6)16(12(3)19(24)27-21)17(22)20(14,5)13(15)4/h7-8,13,15,17,22H,9-10H2,1-6H3. The Kier molecular flexibility index (Phi) is 4.85. The molecule has 1 saturated carbocycles. The number of hydrogen-bond donors (Lipinski definition) is 1. The van der Waals surface area contributed by atoms with Crippen molar-refractivity contribution >= 4 is 11.9 Å². The SMILES string of the molecule is CC=C(C)C(=O)OC1CC=C2CC3(OC)OC(=O)C(C)=C3C(O)C2(C)C1C. The highest BCUT2D eigenvalue weighted by Crippen LogP contribution is 2.58. The van der Waals surface area contributed by atoms with Gasteiger partial charge in [0.25, 0.3) is 0 Å². The highest BCUT2D eigenvalue weighted by Gasteiger charge is 2.62. The van der Waals surface area contributed by atoms with E-state index < -0.39 is 23.3 Å². The molecule has 3 rings (SSSR count). The van der Waals surface area contributed by atoms with Gasteiger partial charge in [0.2, 0.25) is 5.79 Å². The van der Waals surface area contributed by atoms with E-state index in [9.17, 15) is 14.7 Å². The number of carbonyl (C=O) groups excluding carboxylic acids is 2. The van der Waals surface area contributed by atoms with E-state index in [0.717, 1.165) is 5.57 Å². The normalized spacial score (nSPS) is 38.8. The molecule has 5 unspecified atom stereocenters. The van der Waals surface area contributed by atoms with Gasteiger partial charge in [-0.25, -0.2) is 9.59 Å². The lowest BCUT2D eigenvalue weighted by Gasteiger charge is -2.53. The van der Waals surface area contributed by atoms with Crippen LogP contribution in [-0.4, -0.2) is 42.1 Å². The van der Waals surface area contributed by atoms with Gasteiger partial charge in [-0.3, -0.25) is 0 Å². The first-order valence-corrected chi connectivity index (χ1v) is 9.33. The van der Waals surface area contributed by atoms with E-state index in [1.165, 1.54) is 7.11 Å². The molecule has 1 heterocycles. The number of rotatable bonds is 3. The first-order valence-electron chi connectivity index (χ1n) is 9.33. The van der Waals surface area contributed by atoms with Crippen molar-refractivity contribution in [1.29, 1.82) is 0 Å². The molecule has 0 bridgehead atoms. The topological polar surface area (TPSA) is 82.1 Å². The lowest BCUT2D eigenvalue weighted by molar-refractivity contribution is -0.208. The van der Waals surface area contributed by atoms with Gasteiger partial charge in [0.15, 0.2) is 0 Å². The van der Waals surface area contributed by atoms with Crippen molar-refractivity contribution in [2.24, 2.45) is 11.3 Å². The summed E-state index contributed by atoms with van der Waals surface area (Å²) in [4.78, 5) is 24.4. The second-order valence-corrected chi connectivity index (χ2v) is 7.92. The molecule has 6 heteroatoms. The van der Waals surface area contributed by atoms with Crippen molar-refractivity contribution in [2.75, 3.05) is 7.11 Å². The first-order chi connectivity index (χ1) is 12.6. The Morgan fingerprint density at radius 2 is 2.11 bits per heavy atom.